The van der Waals surface area contributed by atoms with Crippen molar-refractivity contribution in [2.45, 2.75) is 31.2 Å². The zero-order chi connectivity index (χ0) is 30.7. The summed E-state index contributed by atoms with van der Waals surface area (Å²) in [5.41, 5.74) is 4.80. The molecule has 10 nitrogen and oxygen atoms in total. The maximum Gasteiger partial charge on any atom is 0.409 e. The lowest BCUT2D eigenvalue weighted by Crippen LogP contribution is -2.48. The lowest BCUT2D eigenvalue weighted by Gasteiger charge is -2.34. The number of hydrogen-bond acceptors (Lipinski definition) is 7. The first-order chi connectivity index (χ1) is 21.3. The molecular weight excluding hydrogens is 578 g/mol. The zero-order valence-corrected chi connectivity index (χ0v) is 25.5. The standard InChI is InChI=1S/C33H37N5O5S/c1-2-43-33(40)38-18-16-37(17-19-38)22-24-10-12-26(13-11-24)35-31(25-6-4-3-5-7-25)30-28-20-27(14-15-29(28)36-32(30)39)44(41,42)34-21-23-8-9-23/h3-7,10-15,20,23,34-35H,2,8-9,16-19,21-22H2,1H3,(H,36,39)/b31-30-. The van der Waals surface area contributed by atoms with Gasteiger partial charge in [-0.15, -0.1) is 0 Å². The Labute approximate surface area is 258 Å². The first-order valence-electron chi connectivity index (χ1n) is 15.1. The van der Waals surface area contributed by atoms with E-state index < -0.39 is 10.0 Å². The minimum Gasteiger partial charge on any atom is -0.450 e. The van der Waals surface area contributed by atoms with E-state index in [1.165, 1.54) is 6.07 Å². The molecule has 0 radical (unpaired) electrons. The van der Waals surface area contributed by atoms with Crippen molar-refractivity contribution in [3.8, 4) is 0 Å². The van der Waals surface area contributed by atoms with E-state index in [4.69, 9.17) is 4.74 Å². The number of nitrogens with zero attached hydrogens (tertiary/aromatic N) is 2. The Kier molecular flexibility index (Phi) is 8.69. The predicted octanol–water partition coefficient (Wildman–Crippen LogP) is 4.58. The Morgan fingerprint density at radius 2 is 1.70 bits per heavy atom. The zero-order valence-electron chi connectivity index (χ0n) is 24.7. The third-order valence-electron chi connectivity index (χ3n) is 8.15. The molecule has 0 atom stereocenters. The highest BCUT2D eigenvalue weighted by molar-refractivity contribution is 7.89. The van der Waals surface area contributed by atoms with E-state index in [0.717, 1.165) is 49.3 Å². The number of fused-ring (bicyclic) bond motifs is 1. The maximum atomic E-state index is 13.4. The average Bonchev–Trinajstić information content (AvgIpc) is 3.81. The van der Waals surface area contributed by atoms with Gasteiger partial charge in [-0.1, -0.05) is 42.5 Å². The van der Waals surface area contributed by atoms with Crippen molar-refractivity contribution in [3.63, 3.8) is 0 Å². The molecule has 44 heavy (non-hydrogen) atoms. The molecule has 230 valence electrons. The number of carbonyl (C=O) groups excluding carboxylic acids is 2. The lowest BCUT2D eigenvalue weighted by molar-refractivity contribution is -0.110. The second-order valence-electron chi connectivity index (χ2n) is 11.4. The molecule has 3 N–H and O–H groups in total. The number of piperazine rings is 1. The lowest BCUT2D eigenvalue weighted by atomic mass is 10.00. The molecule has 2 amide bonds. The van der Waals surface area contributed by atoms with Crippen molar-refractivity contribution in [2.75, 3.05) is 50.0 Å². The van der Waals surface area contributed by atoms with Crippen molar-refractivity contribution >= 4 is 44.7 Å². The minimum atomic E-state index is -3.72. The van der Waals surface area contributed by atoms with E-state index in [-0.39, 0.29) is 16.9 Å². The minimum absolute atomic E-state index is 0.130. The highest BCUT2D eigenvalue weighted by Gasteiger charge is 2.31. The molecule has 0 bridgehead atoms. The summed E-state index contributed by atoms with van der Waals surface area (Å²) in [5, 5.41) is 6.36. The Morgan fingerprint density at radius 1 is 0.977 bits per heavy atom. The van der Waals surface area contributed by atoms with Crippen LogP contribution in [0.2, 0.25) is 0 Å². The molecule has 3 aromatic carbocycles. The number of nitrogens with one attached hydrogen (secondary N) is 3. The molecule has 6 rings (SSSR count). The summed E-state index contributed by atoms with van der Waals surface area (Å²) >= 11 is 0. The van der Waals surface area contributed by atoms with Gasteiger partial charge in [0, 0.05) is 56.2 Å². The topological polar surface area (TPSA) is 120 Å². The Balaban J connectivity index is 1.23. The second-order valence-corrected chi connectivity index (χ2v) is 13.1. The van der Waals surface area contributed by atoms with Crippen LogP contribution in [0.1, 0.15) is 36.5 Å². The molecule has 1 aliphatic carbocycles. The molecule has 2 heterocycles. The van der Waals surface area contributed by atoms with Crippen LogP contribution in [0, 0.1) is 5.92 Å². The molecule has 3 aromatic rings. The van der Waals surface area contributed by atoms with Crippen LogP contribution in [-0.2, 0) is 26.1 Å². The second kappa shape index (κ2) is 12.8. The van der Waals surface area contributed by atoms with E-state index in [0.29, 0.717) is 54.7 Å². The SMILES string of the molecule is CCOC(=O)N1CCN(Cc2ccc(N/C(=C3\C(=O)Nc4ccc(S(=O)(=O)NCC5CC5)cc43)c3ccccc3)cc2)CC1. The summed E-state index contributed by atoms with van der Waals surface area (Å²) in [6.45, 7) is 6.18. The van der Waals surface area contributed by atoms with Crippen LogP contribution in [0.25, 0.3) is 11.3 Å². The molecule has 1 saturated carbocycles. The average molecular weight is 616 g/mol. The predicted molar refractivity (Wildman–Crippen MR) is 170 cm³/mol. The molecular formula is C33H37N5O5S. The van der Waals surface area contributed by atoms with E-state index in [9.17, 15) is 18.0 Å². The van der Waals surface area contributed by atoms with Crippen LogP contribution in [0.4, 0.5) is 16.2 Å². The summed E-state index contributed by atoms with van der Waals surface area (Å²) in [4.78, 5) is 29.6. The van der Waals surface area contributed by atoms with Crippen LogP contribution in [0.15, 0.2) is 77.7 Å². The molecule has 0 unspecified atom stereocenters. The van der Waals surface area contributed by atoms with Gasteiger partial charge >= 0.3 is 6.09 Å². The fourth-order valence-electron chi connectivity index (χ4n) is 5.48. The molecule has 0 aromatic heterocycles. The Bertz CT molecular complexity index is 1660. The maximum absolute atomic E-state index is 13.4. The monoisotopic (exact) mass is 615 g/mol. The van der Waals surface area contributed by atoms with Crippen LogP contribution < -0.4 is 15.4 Å². The third kappa shape index (κ3) is 6.80. The summed E-state index contributed by atoms with van der Waals surface area (Å²) in [5.74, 6) is 0.102. The summed E-state index contributed by atoms with van der Waals surface area (Å²) in [6, 6.07) is 22.4. The van der Waals surface area contributed by atoms with E-state index in [1.54, 1.807) is 17.0 Å². The van der Waals surface area contributed by atoms with Gasteiger partial charge in [-0.2, -0.15) is 0 Å². The molecule has 0 spiro atoms. The first kappa shape index (κ1) is 29.9. The number of sulfonamides is 1. The van der Waals surface area contributed by atoms with Crippen molar-refractivity contribution < 1.29 is 22.7 Å². The van der Waals surface area contributed by atoms with E-state index in [2.05, 4.69) is 20.3 Å². The van der Waals surface area contributed by atoms with Crippen molar-refractivity contribution in [2.24, 2.45) is 5.92 Å². The van der Waals surface area contributed by atoms with Crippen LogP contribution in [-0.4, -0.2) is 69.5 Å². The van der Waals surface area contributed by atoms with Gasteiger partial charge in [0.25, 0.3) is 5.91 Å². The third-order valence-corrected chi connectivity index (χ3v) is 9.57. The Hall–Kier alpha value is -4.19. The van der Waals surface area contributed by atoms with Crippen LogP contribution in [0.5, 0.6) is 0 Å². The van der Waals surface area contributed by atoms with Gasteiger partial charge in [0.1, 0.15) is 0 Å². The number of benzene rings is 3. The van der Waals surface area contributed by atoms with Crippen molar-refractivity contribution in [3.05, 3.63) is 89.5 Å². The largest absolute Gasteiger partial charge is 0.450 e. The normalized spacial score (nSPS) is 18.0. The fourth-order valence-corrected chi connectivity index (χ4v) is 6.62. The Morgan fingerprint density at radius 3 is 2.39 bits per heavy atom. The molecule has 11 heteroatoms. The number of anilines is 2. The smallest absolute Gasteiger partial charge is 0.409 e. The van der Waals surface area contributed by atoms with Crippen LogP contribution in [0.3, 0.4) is 0 Å². The first-order valence-corrected chi connectivity index (χ1v) is 16.5. The highest BCUT2D eigenvalue weighted by Crippen LogP contribution is 2.39. The van der Waals surface area contributed by atoms with E-state index in [1.807, 2.05) is 61.5 Å². The molecule has 1 saturated heterocycles. The van der Waals surface area contributed by atoms with Gasteiger partial charge in [0.15, 0.2) is 0 Å². The van der Waals surface area contributed by atoms with Gasteiger partial charge in [-0.05, 0) is 67.1 Å². The molecule has 2 fully saturated rings. The highest BCUT2D eigenvalue weighted by atomic mass is 32.2. The number of ether oxygens (including phenoxy) is 1. The summed E-state index contributed by atoms with van der Waals surface area (Å²) < 4.78 is 33.9. The van der Waals surface area contributed by atoms with E-state index >= 15 is 0 Å². The number of amides is 2. The number of carbonyl (C=O) groups is 2. The summed E-state index contributed by atoms with van der Waals surface area (Å²) in [6.07, 6.45) is 1.82. The van der Waals surface area contributed by atoms with Gasteiger partial charge in [-0.25, -0.2) is 17.9 Å². The molecule has 3 aliphatic rings. The quantitative estimate of drug-likeness (QED) is 0.286. The summed E-state index contributed by atoms with van der Waals surface area (Å²) in [7, 11) is -3.72. The van der Waals surface area contributed by atoms with Gasteiger partial charge in [-0.3, -0.25) is 9.69 Å². The molecule has 2 aliphatic heterocycles. The fraction of sp³-hybridized carbons (Fsp3) is 0.333. The number of rotatable bonds is 10. The van der Waals surface area contributed by atoms with Gasteiger partial charge in [0.05, 0.1) is 22.8 Å². The van der Waals surface area contributed by atoms with Gasteiger partial charge < -0.3 is 20.3 Å². The van der Waals surface area contributed by atoms with Gasteiger partial charge in [0.2, 0.25) is 10.0 Å². The van der Waals surface area contributed by atoms with Crippen LogP contribution >= 0.6 is 0 Å². The van der Waals surface area contributed by atoms with Crippen molar-refractivity contribution in [1.29, 1.82) is 0 Å². The van der Waals surface area contributed by atoms with Crippen molar-refractivity contribution in [1.82, 2.24) is 14.5 Å². The number of hydrogen-bond donors (Lipinski definition) is 3.